The summed E-state index contributed by atoms with van der Waals surface area (Å²) in [5.41, 5.74) is 0. The van der Waals surface area contributed by atoms with E-state index in [4.69, 9.17) is 0 Å². The van der Waals surface area contributed by atoms with Gasteiger partial charge in [-0.1, -0.05) is 0 Å². The van der Waals surface area contributed by atoms with Crippen molar-refractivity contribution < 1.29 is 9.53 Å². The Morgan fingerprint density at radius 3 is 2.69 bits per heavy atom. The first kappa shape index (κ1) is 10.9. The second-order valence-electron chi connectivity index (χ2n) is 3.51. The fourth-order valence-corrected chi connectivity index (χ4v) is 1.93. The normalized spacial score (nSPS) is 20.8. The van der Waals surface area contributed by atoms with Crippen LogP contribution in [0.3, 0.4) is 0 Å². The van der Waals surface area contributed by atoms with E-state index in [9.17, 15) is 4.79 Å². The molecule has 0 bridgehead atoms. The highest BCUT2D eigenvalue weighted by Crippen LogP contribution is 2.46. The number of thioether (sulfide) groups is 1. The lowest BCUT2D eigenvalue weighted by Crippen LogP contribution is -2.39. The van der Waals surface area contributed by atoms with E-state index < -0.39 is 0 Å². The molecule has 0 aliphatic heterocycles. The summed E-state index contributed by atoms with van der Waals surface area (Å²) >= 11 is 1.88. The van der Waals surface area contributed by atoms with E-state index in [1.807, 2.05) is 18.7 Å². The van der Waals surface area contributed by atoms with Crippen LogP contribution in [0.5, 0.6) is 0 Å². The smallest absolute Gasteiger partial charge is 0.322 e. The number of nitrogens with one attached hydrogen (secondary N) is 1. The number of carbonyl (C=O) groups excluding carboxylic acids is 1. The Morgan fingerprint density at radius 2 is 2.31 bits per heavy atom. The van der Waals surface area contributed by atoms with Crippen LogP contribution < -0.4 is 5.32 Å². The van der Waals surface area contributed by atoms with Crippen LogP contribution in [0.15, 0.2) is 0 Å². The van der Waals surface area contributed by atoms with E-state index in [1.54, 1.807) is 0 Å². The SMILES string of the molecule is COC(=O)C(C)NCC1(SC)CC1. The molecule has 0 spiro atoms. The molecule has 1 aliphatic carbocycles. The summed E-state index contributed by atoms with van der Waals surface area (Å²) in [4.78, 5) is 11.0. The number of carbonyl (C=O) groups is 1. The number of hydrogen-bond acceptors (Lipinski definition) is 4. The summed E-state index contributed by atoms with van der Waals surface area (Å²) in [6.45, 7) is 2.74. The van der Waals surface area contributed by atoms with Gasteiger partial charge in [-0.3, -0.25) is 4.79 Å². The van der Waals surface area contributed by atoms with Crippen molar-refractivity contribution in [3.05, 3.63) is 0 Å². The molecule has 0 heterocycles. The van der Waals surface area contributed by atoms with Crippen molar-refractivity contribution >= 4 is 17.7 Å². The molecular formula is C9H17NO2S. The predicted octanol–water partition coefficient (Wildman–Crippen LogP) is 1.03. The minimum Gasteiger partial charge on any atom is -0.468 e. The Hall–Kier alpha value is -0.220. The zero-order valence-corrected chi connectivity index (χ0v) is 9.24. The molecule has 1 rings (SSSR count). The van der Waals surface area contributed by atoms with Crippen LogP contribution in [-0.4, -0.2) is 36.7 Å². The molecule has 76 valence electrons. The summed E-state index contributed by atoms with van der Waals surface area (Å²) in [6.07, 6.45) is 4.64. The lowest BCUT2D eigenvalue weighted by Gasteiger charge is -2.16. The van der Waals surface area contributed by atoms with Gasteiger partial charge in [0.15, 0.2) is 0 Å². The molecule has 0 aromatic carbocycles. The molecule has 1 atom stereocenters. The van der Waals surface area contributed by atoms with Gasteiger partial charge in [0.2, 0.25) is 0 Å². The molecule has 1 fully saturated rings. The zero-order chi connectivity index (χ0) is 9.90. The molecule has 0 amide bonds. The monoisotopic (exact) mass is 203 g/mol. The quantitative estimate of drug-likeness (QED) is 0.677. The van der Waals surface area contributed by atoms with E-state index in [1.165, 1.54) is 20.0 Å². The fraction of sp³-hybridized carbons (Fsp3) is 0.889. The van der Waals surface area contributed by atoms with Crippen molar-refractivity contribution in [2.75, 3.05) is 19.9 Å². The van der Waals surface area contributed by atoms with E-state index in [0.717, 1.165) is 6.54 Å². The summed E-state index contributed by atoms with van der Waals surface area (Å²) < 4.78 is 5.03. The molecule has 0 saturated heterocycles. The third-order valence-electron chi connectivity index (χ3n) is 2.53. The maximum Gasteiger partial charge on any atom is 0.322 e. The largest absolute Gasteiger partial charge is 0.468 e. The minimum absolute atomic E-state index is 0.183. The highest BCUT2D eigenvalue weighted by molar-refractivity contribution is 8.00. The molecular weight excluding hydrogens is 186 g/mol. The molecule has 1 aliphatic rings. The Bertz CT molecular complexity index is 192. The van der Waals surface area contributed by atoms with Gasteiger partial charge in [0.25, 0.3) is 0 Å². The molecule has 0 radical (unpaired) electrons. The molecule has 0 aromatic rings. The zero-order valence-electron chi connectivity index (χ0n) is 8.42. The molecule has 13 heavy (non-hydrogen) atoms. The lowest BCUT2D eigenvalue weighted by molar-refractivity contribution is -0.142. The maximum absolute atomic E-state index is 11.0. The summed E-state index contributed by atoms with van der Waals surface area (Å²) in [6, 6.07) is -0.186. The van der Waals surface area contributed by atoms with E-state index in [0.29, 0.717) is 4.75 Å². The van der Waals surface area contributed by atoms with Gasteiger partial charge in [-0.15, -0.1) is 0 Å². The number of hydrogen-bond donors (Lipinski definition) is 1. The molecule has 0 aromatic heterocycles. The van der Waals surface area contributed by atoms with Gasteiger partial charge in [0, 0.05) is 11.3 Å². The third kappa shape index (κ3) is 2.88. The van der Waals surface area contributed by atoms with E-state index in [2.05, 4.69) is 16.3 Å². The first-order valence-corrected chi connectivity index (χ1v) is 5.72. The molecule has 4 heteroatoms. The Balaban J connectivity index is 2.22. The van der Waals surface area contributed by atoms with Crippen molar-refractivity contribution in [3.63, 3.8) is 0 Å². The van der Waals surface area contributed by atoms with Gasteiger partial charge in [-0.25, -0.2) is 0 Å². The van der Waals surface area contributed by atoms with Crippen LogP contribution in [0.1, 0.15) is 19.8 Å². The van der Waals surface area contributed by atoms with Gasteiger partial charge < -0.3 is 10.1 Å². The number of methoxy groups -OCH3 is 1. The van der Waals surface area contributed by atoms with Crippen molar-refractivity contribution in [1.82, 2.24) is 5.32 Å². The van der Waals surface area contributed by atoms with Gasteiger partial charge in [0.05, 0.1) is 7.11 Å². The van der Waals surface area contributed by atoms with Gasteiger partial charge in [-0.2, -0.15) is 11.8 Å². The minimum atomic E-state index is -0.186. The summed E-state index contributed by atoms with van der Waals surface area (Å²) in [5.74, 6) is -0.183. The summed E-state index contributed by atoms with van der Waals surface area (Å²) in [5, 5.41) is 3.19. The van der Waals surface area contributed by atoms with Gasteiger partial charge in [0.1, 0.15) is 6.04 Å². The van der Waals surface area contributed by atoms with E-state index in [-0.39, 0.29) is 12.0 Å². The van der Waals surface area contributed by atoms with Crippen molar-refractivity contribution in [2.24, 2.45) is 0 Å². The molecule has 1 N–H and O–H groups in total. The number of ether oxygens (including phenoxy) is 1. The first-order chi connectivity index (χ1) is 6.13. The third-order valence-corrected chi connectivity index (χ3v) is 3.94. The molecule has 1 saturated carbocycles. The second-order valence-corrected chi connectivity index (χ2v) is 4.79. The van der Waals surface area contributed by atoms with E-state index >= 15 is 0 Å². The highest BCUT2D eigenvalue weighted by Gasteiger charge is 2.41. The summed E-state index contributed by atoms with van der Waals surface area (Å²) in [7, 11) is 1.42. The first-order valence-electron chi connectivity index (χ1n) is 4.50. The highest BCUT2D eigenvalue weighted by atomic mass is 32.2. The van der Waals surface area contributed by atoms with Crippen LogP contribution in [0.4, 0.5) is 0 Å². The topological polar surface area (TPSA) is 38.3 Å². The van der Waals surface area contributed by atoms with Crippen LogP contribution in [0.25, 0.3) is 0 Å². The Morgan fingerprint density at radius 1 is 1.69 bits per heavy atom. The molecule has 1 unspecified atom stereocenters. The fourth-order valence-electron chi connectivity index (χ4n) is 1.19. The Labute approximate surface area is 83.6 Å². The van der Waals surface area contributed by atoms with Crippen LogP contribution in [0, 0.1) is 0 Å². The van der Waals surface area contributed by atoms with Crippen LogP contribution in [-0.2, 0) is 9.53 Å². The average molecular weight is 203 g/mol. The second kappa shape index (κ2) is 4.33. The van der Waals surface area contributed by atoms with Crippen molar-refractivity contribution in [2.45, 2.75) is 30.6 Å². The number of esters is 1. The van der Waals surface area contributed by atoms with Gasteiger partial charge >= 0.3 is 5.97 Å². The molecule has 3 nitrogen and oxygen atoms in total. The predicted molar refractivity (Wildman–Crippen MR) is 55.0 cm³/mol. The standard InChI is InChI=1S/C9H17NO2S/c1-7(8(11)12-2)10-6-9(13-3)4-5-9/h7,10H,4-6H2,1-3H3. The van der Waals surface area contributed by atoms with Crippen LogP contribution in [0.2, 0.25) is 0 Å². The van der Waals surface area contributed by atoms with Crippen LogP contribution >= 0.6 is 11.8 Å². The van der Waals surface area contributed by atoms with Crippen molar-refractivity contribution in [3.8, 4) is 0 Å². The lowest BCUT2D eigenvalue weighted by atomic mass is 10.3. The maximum atomic E-state index is 11.0. The number of rotatable bonds is 5. The average Bonchev–Trinajstić information content (AvgIpc) is 2.93. The Kier molecular flexibility index (Phi) is 3.62. The van der Waals surface area contributed by atoms with Gasteiger partial charge in [-0.05, 0) is 26.0 Å². The van der Waals surface area contributed by atoms with Crippen molar-refractivity contribution in [1.29, 1.82) is 0 Å².